The Bertz CT molecular complexity index is 660. The average Bonchev–Trinajstić information content (AvgIpc) is 3.00. The molecule has 1 saturated carbocycles. The second kappa shape index (κ2) is 5.32. The zero-order valence-corrected chi connectivity index (χ0v) is 12.6. The zero-order valence-electron chi connectivity index (χ0n) is 11.8. The molecule has 2 heterocycles. The molecule has 1 atom stereocenters. The third-order valence-electron chi connectivity index (χ3n) is 3.25. The van der Waals surface area contributed by atoms with E-state index in [4.69, 9.17) is 5.73 Å². The van der Waals surface area contributed by atoms with Crippen molar-refractivity contribution in [1.29, 1.82) is 0 Å². The van der Waals surface area contributed by atoms with Crippen LogP contribution in [0.3, 0.4) is 0 Å². The molecule has 1 aliphatic rings. The van der Waals surface area contributed by atoms with Gasteiger partial charge in [-0.2, -0.15) is 0 Å². The second-order valence-electron chi connectivity index (χ2n) is 5.15. The number of thiazole rings is 1. The van der Waals surface area contributed by atoms with E-state index in [-0.39, 0.29) is 17.8 Å². The van der Waals surface area contributed by atoms with E-state index in [2.05, 4.69) is 25.8 Å². The summed E-state index contributed by atoms with van der Waals surface area (Å²) in [6.07, 6.45) is 3.88. The molecule has 0 aromatic carbocycles. The monoisotopic (exact) mass is 307 g/mol. The average molecular weight is 307 g/mol. The maximum absolute atomic E-state index is 12.3. The molecule has 9 heteroatoms. The number of hydrogen-bond acceptors (Lipinski definition) is 7. The van der Waals surface area contributed by atoms with Crippen molar-refractivity contribution >= 4 is 28.2 Å². The summed E-state index contributed by atoms with van der Waals surface area (Å²) in [5.41, 5.74) is 5.83. The van der Waals surface area contributed by atoms with Gasteiger partial charge in [-0.25, -0.2) is 4.98 Å². The molecule has 2 aromatic heterocycles. The number of rotatable bonds is 5. The third kappa shape index (κ3) is 2.97. The molecule has 0 bridgehead atoms. The fourth-order valence-corrected chi connectivity index (χ4v) is 2.83. The Balaban J connectivity index is 1.69. The van der Waals surface area contributed by atoms with Gasteiger partial charge in [0.2, 0.25) is 0 Å². The molecule has 0 spiro atoms. The Hall–Kier alpha value is -2.16. The molecule has 1 aliphatic carbocycles. The molecule has 0 saturated heterocycles. The first-order valence-electron chi connectivity index (χ1n) is 6.72. The van der Waals surface area contributed by atoms with Crippen LogP contribution in [0.1, 0.15) is 41.3 Å². The van der Waals surface area contributed by atoms with Crippen LogP contribution < -0.4 is 16.4 Å². The summed E-state index contributed by atoms with van der Waals surface area (Å²) in [4.78, 5) is 16.9. The molecular formula is C12H17N7OS. The van der Waals surface area contributed by atoms with Crippen LogP contribution in [-0.4, -0.2) is 31.7 Å². The first-order valence-corrected chi connectivity index (χ1v) is 7.54. The van der Waals surface area contributed by atoms with E-state index >= 15 is 0 Å². The highest BCUT2D eigenvalue weighted by Gasteiger charge is 2.25. The van der Waals surface area contributed by atoms with Gasteiger partial charge in [-0.15, -0.1) is 10.2 Å². The van der Waals surface area contributed by atoms with Crippen molar-refractivity contribution in [3.8, 4) is 0 Å². The van der Waals surface area contributed by atoms with Gasteiger partial charge in [-0.1, -0.05) is 11.3 Å². The van der Waals surface area contributed by atoms with Gasteiger partial charge in [0, 0.05) is 13.1 Å². The minimum Gasteiger partial charge on any atom is -0.382 e. The van der Waals surface area contributed by atoms with Gasteiger partial charge in [0.15, 0.2) is 11.0 Å². The first kappa shape index (κ1) is 13.8. The highest BCUT2D eigenvalue weighted by molar-refractivity contribution is 7.18. The molecule has 4 N–H and O–H groups in total. The Morgan fingerprint density at radius 3 is 2.95 bits per heavy atom. The van der Waals surface area contributed by atoms with Crippen LogP contribution in [-0.2, 0) is 7.05 Å². The van der Waals surface area contributed by atoms with Gasteiger partial charge in [0.25, 0.3) is 5.91 Å². The van der Waals surface area contributed by atoms with Crippen LogP contribution >= 0.6 is 11.3 Å². The highest BCUT2D eigenvalue weighted by atomic mass is 32.1. The summed E-state index contributed by atoms with van der Waals surface area (Å²) < 4.78 is 1.76. The number of nitrogen functional groups attached to an aromatic ring is 1. The normalized spacial score (nSPS) is 15.7. The Morgan fingerprint density at radius 1 is 1.57 bits per heavy atom. The van der Waals surface area contributed by atoms with E-state index in [9.17, 15) is 4.79 Å². The Morgan fingerprint density at radius 2 is 2.33 bits per heavy atom. The summed E-state index contributed by atoms with van der Waals surface area (Å²) in [5.74, 6) is 0.693. The Labute approximate surface area is 125 Å². The van der Waals surface area contributed by atoms with E-state index in [0.29, 0.717) is 21.9 Å². The number of aryl methyl sites for hydroxylation is 1. The fourth-order valence-electron chi connectivity index (χ4n) is 1.97. The maximum Gasteiger partial charge on any atom is 0.265 e. The summed E-state index contributed by atoms with van der Waals surface area (Å²) in [7, 11) is 1.83. The maximum atomic E-state index is 12.3. The van der Waals surface area contributed by atoms with E-state index in [0.717, 1.165) is 12.8 Å². The molecule has 1 unspecified atom stereocenters. The quantitative estimate of drug-likeness (QED) is 0.757. The lowest BCUT2D eigenvalue weighted by Crippen LogP contribution is -2.28. The number of nitrogens with one attached hydrogen (secondary N) is 2. The number of amides is 1. The predicted molar refractivity (Wildman–Crippen MR) is 80.1 cm³/mol. The van der Waals surface area contributed by atoms with E-state index in [1.807, 2.05) is 14.0 Å². The molecule has 2 aromatic rings. The van der Waals surface area contributed by atoms with Gasteiger partial charge in [0.1, 0.15) is 17.0 Å². The number of anilines is 2. The van der Waals surface area contributed by atoms with Crippen molar-refractivity contribution in [2.45, 2.75) is 31.8 Å². The van der Waals surface area contributed by atoms with E-state index in [1.165, 1.54) is 11.3 Å². The number of aromatic nitrogens is 4. The fraction of sp³-hybridized carbons (Fsp3) is 0.500. The van der Waals surface area contributed by atoms with Crippen LogP contribution in [0.15, 0.2) is 6.33 Å². The van der Waals surface area contributed by atoms with Crippen molar-refractivity contribution in [2.75, 3.05) is 11.1 Å². The molecule has 112 valence electrons. The van der Waals surface area contributed by atoms with Gasteiger partial charge in [0.05, 0.1) is 6.04 Å². The summed E-state index contributed by atoms with van der Waals surface area (Å²) >= 11 is 1.28. The zero-order chi connectivity index (χ0) is 15.0. The van der Waals surface area contributed by atoms with Crippen molar-refractivity contribution in [3.05, 3.63) is 17.0 Å². The van der Waals surface area contributed by atoms with Gasteiger partial charge >= 0.3 is 0 Å². The highest BCUT2D eigenvalue weighted by Crippen LogP contribution is 2.30. The number of carbonyl (C=O) groups is 1. The molecule has 3 rings (SSSR count). The van der Waals surface area contributed by atoms with Gasteiger partial charge < -0.3 is 20.9 Å². The smallest absolute Gasteiger partial charge is 0.265 e. The summed E-state index contributed by atoms with van der Waals surface area (Å²) in [5, 5.41) is 14.6. The van der Waals surface area contributed by atoms with Crippen LogP contribution in [0, 0.1) is 0 Å². The van der Waals surface area contributed by atoms with Crippen molar-refractivity contribution in [2.24, 2.45) is 7.05 Å². The lowest BCUT2D eigenvalue weighted by molar-refractivity contribution is 0.0942. The summed E-state index contributed by atoms with van der Waals surface area (Å²) in [6, 6.07) is 0.218. The van der Waals surface area contributed by atoms with Crippen LogP contribution in [0.25, 0.3) is 0 Å². The molecule has 0 aliphatic heterocycles. The predicted octanol–water partition coefficient (Wildman–Crippen LogP) is 0.919. The number of nitrogens with zero attached hydrogens (tertiary/aromatic N) is 4. The van der Waals surface area contributed by atoms with Crippen LogP contribution in [0.2, 0.25) is 0 Å². The number of hydrogen-bond donors (Lipinski definition) is 3. The second-order valence-corrected chi connectivity index (χ2v) is 6.15. The van der Waals surface area contributed by atoms with E-state index < -0.39 is 0 Å². The van der Waals surface area contributed by atoms with Crippen molar-refractivity contribution in [3.63, 3.8) is 0 Å². The molecule has 8 nitrogen and oxygen atoms in total. The van der Waals surface area contributed by atoms with Gasteiger partial charge in [-0.05, 0) is 19.8 Å². The SMILES string of the molecule is CC(NC(=O)c1sc(NC2CC2)nc1N)c1nncn1C. The largest absolute Gasteiger partial charge is 0.382 e. The molecular weight excluding hydrogens is 290 g/mol. The molecule has 0 radical (unpaired) electrons. The standard InChI is InChI=1S/C12H17N7OS/c1-6(10-18-14-5-19(10)2)15-11(20)8-9(13)17-12(21-8)16-7-3-4-7/h5-7H,3-4,13H2,1-2H3,(H,15,20)(H,16,17). The minimum absolute atomic E-state index is 0.246. The molecule has 1 fully saturated rings. The lowest BCUT2D eigenvalue weighted by atomic mass is 10.3. The Kier molecular flexibility index (Phi) is 3.50. The lowest BCUT2D eigenvalue weighted by Gasteiger charge is -2.12. The topological polar surface area (TPSA) is 111 Å². The summed E-state index contributed by atoms with van der Waals surface area (Å²) in [6.45, 7) is 1.85. The van der Waals surface area contributed by atoms with E-state index in [1.54, 1.807) is 10.9 Å². The number of nitrogens with two attached hydrogens (primary N) is 1. The van der Waals surface area contributed by atoms with Crippen LogP contribution in [0.5, 0.6) is 0 Å². The van der Waals surface area contributed by atoms with Crippen LogP contribution in [0.4, 0.5) is 10.9 Å². The van der Waals surface area contributed by atoms with Gasteiger partial charge in [-0.3, -0.25) is 4.79 Å². The number of carbonyl (C=O) groups excluding carboxylic acids is 1. The third-order valence-corrected chi connectivity index (χ3v) is 4.25. The first-order chi connectivity index (χ1) is 10.0. The minimum atomic E-state index is -0.258. The van der Waals surface area contributed by atoms with Crippen molar-refractivity contribution < 1.29 is 4.79 Å². The molecule has 1 amide bonds. The molecule has 21 heavy (non-hydrogen) atoms. The van der Waals surface area contributed by atoms with Crippen molar-refractivity contribution in [1.82, 2.24) is 25.1 Å².